The van der Waals surface area contributed by atoms with Crippen molar-refractivity contribution in [1.82, 2.24) is 4.90 Å². The van der Waals surface area contributed by atoms with Crippen LogP contribution in [0.4, 0.5) is 0 Å². The minimum atomic E-state index is -0.672. The molecule has 0 aromatic heterocycles. The van der Waals surface area contributed by atoms with E-state index in [0.717, 1.165) is 16.7 Å². The summed E-state index contributed by atoms with van der Waals surface area (Å²) in [5.74, 6) is -0.0669. The standard InChI is InChI=1S/C24H27NO5/c1-6-11-25-21(16-7-9-17(29-4)10-8-16)20(23(27)24(25)28)22(26)18-12-15(3)19(30-5)13-14(18)2/h7-10,12-13,21,26H,6,11H2,1-5H3/b22-20+. The number of aliphatic hydroxyl groups excluding tert-OH is 1. The predicted octanol–water partition coefficient (Wildman–Crippen LogP) is 4.15. The molecule has 3 rings (SSSR count). The maximum Gasteiger partial charge on any atom is 0.295 e. The molecule has 1 aliphatic rings. The lowest BCUT2D eigenvalue weighted by Gasteiger charge is -2.25. The Labute approximate surface area is 176 Å². The molecule has 1 atom stereocenters. The van der Waals surface area contributed by atoms with E-state index in [9.17, 15) is 14.7 Å². The second kappa shape index (κ2) is 8.61. The average molecular weight is 409 g/mol. The van der Waals surface area contributed by atoms with Gasteiger partial charge in [-0.1, -0.05) is 19.1 Å². The van der Waals surface area contributed by atoms with Crippen LogP contribution in [-0.2, 0) is 9.59 Å². The summed E-state index contributed by atoms with van der Waals surface area (Å²) in [5, 5.41) is 11.2. The van der Waals surface area contributed by atoms with Gasteiger partial charge < -0.3 is 19.5 Å². The highest BCUT2D eigenvalue weighted by molar-refractivity contribution is 6.46. The van der Waals surface area contributed by atoms with E-state index in [1.54, 1.807) is 32.4 Å². The Hall–Kier alpha value is -3.28. The average Bonchev–Trinajstić information content (AvgIpc) is 3.00. The van der Waals surface area contributed by atoms with Crippen molar-refractivity contribution in [3.63, 3.8) is 0 Å². The van der Waals surface area contributed by atoms with Gasteiger partial charge in [-0.15, -0.1) is 0 Å². The Morgan fingerprint density at radius 1 is 1.03 bits per heavy atom. The molecule has 0 aliphatic carbocycles. The van der Waals surface area contributed by atoms with Crippen molar-refractivity contribution in [3.8, 4) is 11.5 Å². The number of likely N-dealkylation sites (tertiary alicyclic amines) is 1. The Bertz CT molecular complexity index is 1010. The van der Waals surface area contributed by atoms with E-state index in [1.165, 1.54) is 4.90 Å². The van der Waals surface area contributed by atoms with E-state index in [2.05, 4.69) is 0 Å². The molecule has 158 valence electrons. The third kappa shape index (κ3) is 3.65. The lowest BCUT2D eigenvalue weighted by molar-refractivity contribution is -0.139. The Morgan fingerprint density at radius 2 is 1.70 bits per heavy atom. The summed E-state index contributed by atoms with van der Waals surface area (Å²) in [6, 6.07) is 10.1. The summed E-state index contributed by atoms with van der Waals surface area (Å²) in [6.45, 7) is 6.06. The number of hydrogen-bond donors (Lipinski definition) is 1. The number of aliphatic hydroxyl groups is 1. The quantitative estimate of drug-likeness (QED) is 0.441. The van der Waals surface area contributed by atoms with Gasteiger partial charge in [0.2, 0.25) is 0 Å². The van der Waals surface area contributed by atoms with Crippen LogP contribution in [0.15, 0.2) is 42.0 Å². The highest BCUT2D eigenvalue weighted by atomic mass is 16.5. The molecule has 1 heterocycles. The van der Waals surface area contributed by atoms with Gasteiger partial charge in [0.1, 0.15) is 17.3 Å². The molecule has 1 amide bonds. The third-order valence-corrected chi connectivity index (χ3v) is 5.43. The number of nitrogens with zero attached hydrogens (tertiary/aromatic N) is 1. The van der Waals surface area contributed by atoms with E-state index < -0.39 is 17.7 Å². The first-order valence-electron chi connectivity index (χ1n) is 9.92. The van der Waals surface area contributed by atoms with Crippen LogP contribution in [0.3, 0.4) is 0 Å². The zero-order valence-corrected chi connectivity index (χ0v) is 18.0. The number of carbonyl (C=O) groups is 2. The van der Waals surface area contributed by atoms with E-state index in [4.69, 9.17) is 9.47 Å². The summed E-state index contributed by atoms with van der Waals surface area (Å²) in [6.07, 6.45) is 0.695. The Kier molecular flexibility index (Phi) is 6.15. The van der Waals surface area contributed by atoms with Crippen LogP contribution in [0.1, 0.15) is 41.6 Å². The number of carbonyl (C=O) groups excluding carboxylic acids is 2. The molecule has 2 aromatic rings. The van der Waals surface area contributed by atoms with Crippen molar-refractivity contribution in [2.75, 3.05) is 20.8 Å². The predicted molar refractivity (Wildman–Crippen MR) is 115 cm³/mol. The smallest absolute Gasteiger partial charge is 0.295 e. The Morgan fingerprint density at radius 3 is 2.27 bits per heavy atom. The highest BCUT2D eigenvalue weighted by Gasteiger charge is 2.45. The number of amides is 1. The van der Waals surface area contributed by atoms with Crippen LogP contribution in [0, 0.1) is 13.8 Å². The number of hydrogen-bond acceptors (Lipinski definition) is 5. The molecular weight excluding hydrogens is 382 g/mol. The SMILES string of the molecule is CCCN1C(=O)C(=O)/C(=C(/O)c2cc(C)c(OC)cc2C)C1c1ccc(OC)cc1. The fourth-order valence-electron chi connectivity index (χ4n) is 3.89. The van der Waals surface area contributed by atoms with Crippen LogP contribution >= 0.6 is 0 Å². The lowest BCUT2D eigenvalue weighted by Crippen LogP contribution is -2.30. The number of methoxy groups -OCH3 is 2. The normalized spacial score (nSPS) is 18.0. The molecule has 1 N–H and O–H groups in total. The largest absolute Gasteiger partial charge is 0.507 e. The van der Waals surface area contributed by atoms with Gasteiger partial charge in [-0.2, -0.15) is 0 Å². The fourth-order valence-corrected chi connectivity index (χ4v) is 3.89. The van der Waals surface area contributed by atoms with Crippen molar-refractivity contribution in [2.45, 2.75) is 33.2 Å². The number of rotatable bonds is 6. The van der Waals surface area contributed by atoms with Crippen molar-refractivity contribution in [3.05, 3.63) is 64.2 Å². The van der Waals surface area contributed by atoms with Gasteiger partial charge in [0.25, 0.3) is 11.7 Å². The van der Waals surface area contributed by atoms with Gasteiger partial charge in [0.05, 0.1) is 25.8 Å². The first kappa shape index (κ1) is 21.4. The summed E-state index contributed by atoms with van der Waals surface area (Å²) in [5.41, 5.74) is 2.94. The summed E-state index contributed by atoms with van der Waals surface area (Å²) < 4.78 is 10.6. The zero-order chi connectivity index (χ0) is 22.0. The molecule has 0 radical (unpaired) electrons. The first-order valence-corrected chi connectivity index (χ1v) is 9.92. The molecule has 1 saturated heterocycles. The van der Waals surface area contributed by atoms with Crippen molar-refractivity contribution < 1.29 is 24.2 Å². The van der Waals surface area contributed by atoms with E-state index in [-0.39, 0.29) is 11.3 Å². The summed E-state index contributed by atoms with van der Waals surface area (Å²) in [7, 11) is 3.16. The first-order chi connectivity index (χ1) is 14.3. The van der Waals surface area contributed by atoms with Gasteiger partial charge in [-0.25, -0.2) is 0 Å². The minimum Gasteiger partial charge on any atom is -0.507 e. The van der Waals surface area contributed by atoms with Crippen LogP contribution in [0.25, 0.3) is 5.76 Å². The van der Waals surface area contributed by atoms with Crippen molar-refractivity contribution >= 4 is 17.4 Å². The number of ketones is 1. The van der Waals surface area contributed by atoms with Crippen molar-refractivity contribution in [1.29, 1.82) is 0 Å². The Balaban J connectivity index is 2.21. The molecule has 1 fully saturated rings. The van der Waals surface area contributed by atoms with Gasteiger partial charge in [0, 0.05) is 12.1 Å². The van der Waals surface area contributed by atoms with Crippen LogP contribution < -0.4 is 9.47 Å². The fraction of sp³-hybridized carbons (Fsp3) is 0.333. The van der Waals surface area contributed by atoms with Crippen LogP contribution in [0.2, 0.25) is 0 Å². The molecule has 30 heavy (non-hydrogen) atoms. The second-order valence-electron chi connectivity index (χ2n) is 7.40. The van der Waals surface area contributed by atoms with Crippen molar-refractivity contribution in [2.24, 2.45) is 0 Å². The second-order valence-corrected chi connectivity index (χ2v) is 7.40. The number of benzene rings is 2. The van der Waals surface area contributed by atoms with Gasteiger partial charge >= 0.3 is 0 Å². The third-order valence-electron chi connectivity index (χ3n) is 5.43. The minimum absolute atomic E-state index is 0.103. The lowest BCUT2D eigenvalue weighted by atomic mass is 9.93. The van der Waals surface area contributed by atoms with E-state index in [0.29, 0.717) is 30.0 Å². The summed E-state index contributed by atoms with van der Waals surface area (Å²) >= 11 is 0. The molecule has 1 aliphatic heterocycles. The molecule has 0 bridgehead atoms. The highest BCUT2D eigenvalue weighted by Crippen LogP contribution is 2.41. The molecular formula is C24H27NO5. The molecule has 0 saturated carbocycles. The molecule has 2 aromatic carbocycles. The number of ether oxygens (including phenoxy) is 2. The van der Waals surface area contributed by atoms with Gasteiger partial charge in [0.15, 0.2) is 0 Å². The monoisotopic (exact) mass is 409 g/mol. The van der Waals surface area contributed by atoms with E-state index >= 15 is 0 Å². The molecule has 1 unspecified atom stereocenters. The molecule has 0 spiro atoms. The maximum atomic E-state index is 13.0. The van der Waals surface area contributed by atoms with E-state index in [1.807, 2.05) is 39.0 Å². The van der Waals surface area contributed by atoms with Gasteiger partial charge in [-0.3, -0.25) is 9.59 Å². The van der Waals surface area contributed by atoms with Crippen LogP contribution in [-0.4, -0.2) is 42.5 Å². The van der Waals surface area contributed by atoms with Gasteiger partial charge in [-0.05, 0) is 61.2 Å². The maximum absolute atomic E-state index is 13.0. The summed E-state index contributed by atoms with van der Waals surface area (Å²) in [4.78, 5) is 27.3. The molecule has 6 nitrogen and oxygen atoms in total. The number of Topliss-reactive ketones (excluding diaryl/α,β-unsaturated/α-hetero) is 1. The van der Waals surface area contributed by atoms with Crippen LogP contribution in [0.5, 0.6) is 11.5 Å². The topological polar surface area (TPSA) is 76.1 Å². The zero-order valence-electron chi connectivity index (χ0n) is 18.0. The number of aryl methyl sites for hydroxylation is 2. The molecule has 6 heteroatoms.